The molecule has 0 bridgehead atoms. The van der Waals surface area contributed by atoms with Crippen LogP contribution in [0.2, 0.25) is 0 Å². The van der Waals surface area contributed by atoms with E-state index in [0.717, 1.165) is 0 Å². The summed E-state index contributed by atoms with van der Waals surface area (Å²) in [6, 6.07) is -0.793. The highest BCUT2D eigenvalue weighted by Gasteiger charge is 2.42. The number of carboxylic acids is 1. The second-order valence-electron chi connectivity index (χ2n) is 3.96. The van der Waals surface area contributed by atoms with Crippen LogP contribution in [-0.4, -0.2) is 52.3 Å². The van der Waals surface area contributed by atoms with Crippen LogP contribution in [0.5, 0.6) is 0 Å². The number of carbonyl (C=O) groups excluding carboxylic acids is 1. The zero-order valence-electron chi connectivity index (χ0n) is 10.00. The van der Waals surface area contributed by atoms with Crippen molar-refractivity contribution in [1.82, 2.24) is 4.90 Å². The van der Waals surface area contributed by atoms with Crippen LogP contribution in [0.15, 0.2) is 12.0 Å². The Balaban J connectivity index is 2.18. The molecule has 7 heteroatoms. The van der Waals surface area contributed by atoms with Crippen molar-refractivity contribution in [2.75, 3.05) is 19.0 Å². The number of amides is 1. The van der Waals surface area contributed by atoms with Crippen molar-refractivity contribution in [3.63, 3.8) is 0 Å². The number of rotatable bonds is 3. The standard InChI is InChI=1S/C11H15NO5S/c1-2-9-12(7(6-18-9)11(14)15)10(13)8-5-16-3-4-17-8/h5,7,9H,2-4,6H2,1H3,(H,14,15). The van der Waals surface area contributed by atoms with Gasteiger partial charge >= 0.3 is 5.97 Å². The Kier molecular flexibility index (Phi) is 4.00. The number of carbonyl (C=O) groups is 2. The molecular weight excluding hydrogens is 258 g/mol. The van der Waals surface area contributed by atoms with Crippen LogP contribution in [0.1, 0.15) is 13.3 Å². The Hall–Kier alpha value is -1.37. The van der Waals surface area contributed by atoms with E-state index in [4.69, 9.17) is 14.6 Å². The molecule has 0 radical (unpaired) electrons. The Labute approximate surface area is 109 Å². The van der Waals surface area contributed by atoms with Crippen LogP contribution in [-0.2, 0) is 19.1 Å². The summed E-state index contributed by atoms with van der Waals surface area (Å²) >= 11 is 1.48. The quantitative estimate of drug-likeness (QED) is 0.813. The molecule has 0 aromatic rings. The van der Waals surface area contributed by atoms with Gasteiger partial charge in [-0.25, -0.2) is 4.79 Å². The summed E-state index contributed by atoms with van der Waals surface area (Å²) < 4.78 is 10.3. The zero-order chi connectivity index (χ0) is 13.1. The van der Waals surface area contributed by atoms with E-state index in [2.05, 4.69) is 0 Å². The molecule has 2 aliphatic heterocycles. The van der Waals surface area contributed by atoms with Crippen LogP contribution >= 0.6 is 11.8 Å². The van der Waals surface area contributed by atoms with E-state index >= 15 is 0 Å². The molecule has 0 aromatic carbocycles. The lowest BCUT2D eigenvalue weighted by Gasteiger charge is -2.28. The van der Waals surface area contributed by atoms with E-state index in [1.807, 2.05) is 6.92 Å². The summed E-state index contributed by atoms with van der Waals surface area (Å²) in [5.41, 5.74) is 0. The van der Waals surface area contributed by atoms with E-state index < -0.39 is 17.9 Å². The molecule has 1 fully saturated rings. The number of thioether (sulfide) groups is 1. The summed E-state index contributed by atoms with van der Waals surface area (Å²) in [4.78, 5) is 24.8. The predicted octanol–water partition coefficient (Wildman–Crippen LogP) is 0.639. The lowest BCUT2D eigenvalue weighted by molar-refractivity contribution is -0.149. The third kappa shape index (κ3) is 2.40. The number of hydrogen-bond acceptors (Lipinski definition) is 5. The molecule has 6 nitrogen and oxygen atoms in total. The summed E-state index contributed by atoms with van der Waals surface area (Å²) in [5, 5.41) is 9.03. The van der Waals surface area contributed by atoms with E-state index in [1.54, 1.807) is 0 Å². The summed E-state index contributed by atoms with van der Waals surface area (Å²) in [6.07, 6.45) is 1.97. The first-order valence-corrected chi connectivity index (χ1v) is 6.81. The first-order chi connectivity index (χ1) is 8.65. The number of nitrogens with zero attached hydrogens (tertiary/aromatic N) is 1. The lowest BCUT2D eigenvalue weighted by Crippen LogP contribution is -2.46. The van der Waals surface area contributed by atoms with Gasteiger partial charge in [-0.1, -0.05) is 6.92 Å². The molecule has 0 aromatic heterocycles. The highest BCUT2D eigenvalue weighted by atomic mass is 32.2. The fraction of sp³-hybridized carbons (Fsp3) is 0.636. The van der Waals surface area contributed by atoms with Gasteiger partial charge in [0, 0.05) is 5.75 Å². The minimum atomic E-state index is -0.982. The van der Waals surface area contributed by atoms with Crippen molar-refractivity contribution in [2.45, 2.75) is 24.8 Å². The van der Waals surface area contributed by atoms with Crippen molar-refractivity contribution in [2.24, 2.45) is 0 Å². The number of ether oxygens (including phenoxy) is 2. The van der Waals surface area contributed by atoms with Gasteiger partial charge in [-0.05, 0) is 6.42 Å². The van der Waals surface area contributed by atoms with E-state index in [0.29, 0.717) is 25.4 Å². The molecule has 1 N–H and O–H groups in total. The normalized spacial score (nSPS) is 27.2. The highest BCUT2D eigenvalue weighted by molar-refractivity contribution is 8.00. The maximum atomic E-state index is 12.3. The predicted molar refractivity (Wildman–Crippen MR) is 64.8 cm³/mol. The Bertz CT molecular complexity index is 384. The zero-order valence-corrected chi connectivity index (χ0v) is 10.8. The Morgan fingerprint density at radius 2 is 2.33 bits per heavy atom. The topological polar surface area (TPSA) is 76.1 Å². The first kappa shape index (κ1) is 13.1. The minimum Gasteiger partial charge on any atom is -0.494 e. The van der Waals surface area contributed by atoms with Crippen LogP contribution < -0.4 is 0 Å². The highest BCUT2D eigenvalue weighted by Crippen LogP contribution is 2.32. The SMILES string of the molecule is CCC1SCC(C(=O)O)N1C(=O)C1=COCCO1. The van der Waals surface area contributed by atoms with Gasteiger partial charge in [-0.2, -0.15) is 0 Å². The number of carboxylic acid groups (broad SMARTS) is 1. The number of hydrogen-bond donors (Lipinski definition) is 1. The summed E-state index contributed by atoms with van der Waals surface area (Å²) in [6.45, 7) is 2.65. The maximum Gasteiger partial charge on any atom is 0.327 e. The van der Waals surface area contributed by atoms with Crippen molar-refractivity contribution in [1.29, 1.82) is 0 Å². The van der Waals surface area contributed by atoms with Crippen molar-refractivity contribution in [3.05, 3.63) is 12.0 Å². The maximum absolute atomic E-state index is 12.3. The van der Waals surface area contributed by atoms with Crippen LogP contribution in [0.3, 0.4) is 0 Å². The second kappa shape index (κ2) is 5.51. The van der Waals surface area contributed by atoms with E-state index in [-0.39, 0.29) is 11.1 Å². The van der Waals surface area contributed by atoms with Crippen molar-refractivity contribution < 1.29 is 24.2 Å². The Morgan fingerprint density at radius 1 is 1.56 bits per heavy atom. The van der Waals surface area contributed by atoms with Gasteiger partial charge in [0.05, 0.1) is 5.37 Å². The molecule has 2 aliphatic rings. The smallest absolute Gasteiger partial charge is 0.327 e. The fourth-order valence-electron chi connectivity index (χ4n) is 1.95. The molecule has 2 unspecified atom stereocenters. The summed E-state index contributed by atoms with van der Waals surface area (Å²) in [5.74, 6) is -0.884. The van der Waals surface area contributed by atoms with Gasteiger partial charge in [0.1, 0.15) is 25.5 Å². The molecule has 100 valence electrons. The third-order valence-corrected chi connectivity index (χ3v) is 4.27. The largest absolute Gasteiger partial charge is 0.494 e. The molecule has 2 heterocycles. The van der Waals surface area contributed by atoms with Crippen LogP contribution in [0.4, 0.5) is 0 Å². The van der Waals surface area contributed by atoms with Crippen LogP contribution in [0, 0.1) is 0 Å². The molecule has 0 saturated carbocycles. The fourth-order valence-corrected chi connectivity index (χ4v) is 3.30. The van der Waals surface area contributed by atoms with Gasteiger partial charge in [-0.15, -0.1) is 11.8 Å². The monoisotopic (exact) mass is 273 g/mol. The molecule has 1 amide bonds. The molecule has 0 aliphatic carbocycles. The molecule has 1 saturated heterocycles. The molecule has 2 rings (SSSR count). The van der Waals surface area contributed by atoms with Crippen LogP contribution in [0.25, 0.3) is 0 Å². The van der Waals surface area contributed by atoms with Crippen molar-refractivity contribution in [3.8, 4) is 0 Å². The van der Waals surface area contributed by atoms with Gasteiger partial charge in [-0.3, -0.25) is 4.79 Å². The van der Waals surface area contributed by atoms with E-state index in [9.17, 15) is 9.59 Å². The molecule has 0 spiro atoms. The molecule has 2 atom stereocenters. The molecule has 18 heavy (non-hydrogen) atoms. The molecular formula is C11H15NO5S. The summed E-state index contributed by atoms with van der Waals surface area (Å²) in [7, 11) is 0. The van der Waals surface area contributed by atoms with Gasteiger partial charge in [0.2, 0.25) is 5.76 Å². The first-order valence-electron chi connectivity index (χ1n) is 5.76. The average molecular weight is 273 g/mol. The number of aliphatic carboxylic acids is 1. The third-order valence-electron chi connectivity index (χ3n) is 2.82. The average Bonchev–Trinajstić information content (AvgIpc) is 2.82. The van der Waals surface area contributed by atoms with Gasteiger partial charge in [0.25, 0.3) is 5.91 Å². The van der Waals surface area contributed by atoms with Gasteiger partial charge < -0.3 is 19.5 Å². The van der Waals surface area contributed by atoms with E-state index in [1.165, 1.54) is 22.9 Å². The minimum absolute atomic E-state index is 0.0912. The lowest BCUT2D eigenvalue weighted by atomic mass is 10.2. The van der Waals surface area contributed by atoms with Gasteiger partial charge in [0.15, 0.2) is 0 Å². The second-order valence-corrected chi connectivity index (χ2v) is 5.17. The Morgan fingerprint density at radius 3 is 2.89 bits per heavy atom. The van der Waals surface area contributed by atoms with Crippen molar-refractivity contribution >= 4 is 23.6 Å².